The van der Waals surface area contributed by atoms with E-state index in [1.54, 1.807) is 20.8 Å². The molecule has 0 aromatic heterocycles. The lowest BCUT2D eigenvalue weighted by molar-refractivity contribution is -1.04. The second-order valence-corrected chi connectivity index (χ2v) is 4.73. The molecule has 0 heterocycles. The molecule has 0 bridgehead atoms. The quantitative estimate of drug-likeness (QED) is 0.577. The Morgan fingerprint density at radius 1 is 1.31 bits per heavy atom. The molecule has 0 aromatic carbocycles. The average molecular weight is 233 g/mol. The second-order valence-electron chi connectivity index (χ2n) is 4.73. The smallest absolute Gasteiger partial charge is 0.412 e. The van der Waals surface area contributed by atoms with Crippen LogP contribution in [-0.2, 0) is 14.4 Å². The molecule has 0 fully saturated rings. The van der Waals surface area contributed by atoms with E-state index in [-0.39, 0.29) is 0 Å². The van der Waals surface area contributed by atoms with Gasteiger partial charge in [-0.15, -0.1) is 0 Å². The molecule has 0 spiro atoms. The molecule has 16 heavy (non-hydrogen) atoms. The number of carbonyl (C=O) groups excluding carboxylic acids is 2. The number of carbonyl (C=O) groups is 2. The van der Waals surface area contributed by atoms with Gasteiger partial charge in [0.1, 0.15) is 12.6 Å². The van der Waals surface area contributed by atoms with Crippen LogP contribution >= 0.6 is 0 Å². The van der Waals surface area contributed by atoms with Crippen molar-refractivity contribution in [3.63, 3.8) is 0 Å². The highest BCUT2D eigenvalue weighted by molar-refractivity contribution is 5.80. The molecule has 0 rings (SSSR count). The molecule has 0 saturated heterocycles. The minimum Gasteiger partial charge on any atom is -0.412 e. The van der Waals surface area contributed by atoms with Crippen LogP contribution in [0.2, 0.25) is 0 Å². The standard InChI is InChI=1S/C10H20N2O4/c1-7(8(11)13)12(5,15-6)9(14)16-10(2,3)4/h7H,1-6H3,(H-,11,13)/p+1/t7-,12?/m0/s1. The van der Waals surface area contributed by atoms with Crippen LogP contribution in [0.15, 0.2) is 0 Å². The Morgan fingerprint density at radius 3 is 2.00 bits per heavy atom. The van der Waals surface area contributed by atoms with Crippen molar-refractivity contribution in [3.8, 4) is 0 Å². The van der Waals surface area contributed by atoms with Gasteiger partial charge in [-0.1, -0.05) is 4.65 Å². The van der Waals surface area contributed by atoms with Crippen molar-refractivity contribution in [3.05, 3.63) is 0 Å². The summed E-state index contributed by atoms with van der Waals surface area (Å²) in [6.07, 6.45) is -0.652. The Bertz CT molecular complexity index is 285. The number of rotatable bonds is 3. The van der Waals surface area contributed by atoms with Crippen LogP contribution in [0, 0.1) is 0 Å². The van der Waals surface area contributed by atoms with E-state index in [2.05, 4.69) is 0 Å². The predicted octanol–water partition coefficient (Wildman–Crippen LogP) is 0.803. The van der Waals surface area contributed by atoms with Gasteiger partial charge in [0, 0.05) is 6.92 Å². The summed E-state index contributed by atoms with van der Waals surface area (Å²) in [7, 11) is 2.76. The summed E-state index contributed by atoms with van der Waals surface area (Å²) in [4.78, 5) is 28.0. The van der Waals surface area contributed by atoms with Crippen molar-refractivity contribution in [2.24, 2.45) is 5.73 Å². The van der Waals surface area contributed by atoms with E-state index in [0.717, 1.165) is 0 Å². The first-order valence-corrected chi connectivity index (χ1v) is 4.99. The Labute approximate surface area is 95.8 Å². The van der Waals surface area contributed by atoms with Gasteiger partial charge in [0.05, 0.1) is 7.11 Å². The number of nitrogens with zero attached hydrogens (tertiary/aromatic N) is 1. The molecule has 6 nitrogen and oxygen atoms in total. The Balaban J connectivity index is 4.97. The predicted molar refractivity (Wildman–Crippen MR) is 58.1 cm³/mol. The van der Waals surface area contributed by atoms with E-state index in [1.165, 1.54) is 21.1 Å². The van der Waals surface area contributed by atoms with Crippen molar-refractivity contribution in [2.45, 2.75) is 39.3 Å². The molecule has 0 radical (unpaired) electrons. The number of hydrogen-bond acceptors (Lipinski definition) is 4. The molecule has 2 atom stereocenters. The summed E-state index contributed by atoms with van der Waals surface area (Å²) < 4.78 is 4.53. The van der Waals surface area contributed by atoms with Gasteiger partial charge in [0.25, 0.3) is 5.91 Å². The minimum atomic E-state index is -0.820. The van der Waals surface area contributed by atoms with Crippen molar-refractivity contribution >= 4 is 12.0 Å². The lowest BCUT2D eigenvalue weighted by atomic mass is 10.2. The SMILES string of the molecule is CO[N+](C)(C(=O)OC(C)(C)C)[C@@H](C)C(N)=O. The van der Waals surface area contributed by atoms with Crippen LogP contribution in [0.25, 0.3) is 0 Å². The Kier molecular flexibility index (Phi) is 4.45. The maximum atomic E-state index is 11.9. The zero-order valence-corrected chi connectivity index (χ0v) is 10.7. The lowest BCUT2D eigenvalue weighted by Crippen LogP contribution is -2.60. The third-order valence-corrected chi connectivity index (χ3v) is 2.29. The molecule has 1 unspecified atom stereocenters. The number of amides is 2. The van der Waals surface area contributed by atoms with Gasteiger partial charge in [-0.05, 0) is 20.8 Å². The van der Waals surface area contributed by atoms with Gasteiger partial charge in [-0.2, -0.15) is 9.63 Å². The van der Waals surface area contributed by atoms with E-state index in [4.69, 9.17) is 15.3 Å². The van der Waals surface area contributed by atoms with Crippen LogP contribution < -0.4 is 5.73 Å². The number of hydroxylamine groups is 3. The average Bonchev–Trinajstić information content (AvgIpc) is 2.12. The fourth-order valence-electron chi connectivity index (χ4n) is 0.986. The molecule has 2 N–H and O–H groups in total. The molecule has 6 heteroatoms. The van der Waals surface area contributed by atoms with Crippen molar-refractivity contribution in [1.82, 2.24) is 0 Å². The molecular weight excluding hydrogens is 212 g/mol. The molecule has 0 aliphatic carbocycles. The number of likely N-dealkylation sites (N-methyl/N-ethyl adjacent to an activating group) is 1. The van der Waals surface area contributed by atoms with E-state index in [1.807, 2.05) is 0 Å². The first kappa shape index (κ1) is 14.9. The van der Waals surface area contributed by atoms with E-state index < -0.39 is 28.3 Å². The van der Waals surface area contributed by atoms with Crippen LogP contribution in [0.5, 0.6) is 0 Å². The van der Waals surface area contributed by atoms with Crippen LogP contribution in [0.1, 0.15) is 27.7 Å². The topological polar surface area (TPSA) is 78.6 Å². The zero-order valence-electron chi connectivity index (χ0n) is 10.7. The van der Waals surface area contributed by atoms with Crippen LogP contribution in [-0.4, -0.2) is 42.4 Å². The van der Waals surface area contributed by atoms with Crippen LogP contribution in [0.3, 0.4) is 0 Å². The van der Waals surface area contributed by atoms with Gasteiger partial charge in [0.2, 0.25) is 6.04 Å². The van der Waals surface area contributed by atoms with Gasteiger partial charge in [-0.25, -0.2) is 0 Å². The molecule has 0 saturated carbocycles. The van der Waals surface area contributed by atoms with Gasteiger partial charge in [0.15, 0.2) is 0 Å². The fraction of sp³-hybridized carbons (Fsp3) is 0.800. The third-order valence-electron chi connectivity index (χ3n) is 2.29. The largest absolute Gasteiger partial charge is 0.550 e. The zero-order chi connectivity index (χ0) is 13.1. The molecule has 0 aliphatic heterocycles. The van der Waals surface area contributed by atoms with Crippen molar-refractivity contribution in [1.29, 1.82) is 0 Å². The minimum absolute atomic E-state index is 0.629. The first-order chi connectivity index (χ1) is 7.04. The summed E-state index contributed by atoms with van der Waals surface area (Å²) in [5.41, 5.74) is 4.51. The highest BCUT2D eigenvalue weighted by Gasteiger charge is 2.46. The maximum Gasteiger partial charge on any atom is 0.550 e. The number of primary amides is 1. The summed E-state index contributed by atoms with van der Waals surface area (Å²) in [5, 5.41) is 0. The summed E-state index contributed by atoms with van der Waals surface area (Å²) in [6.45, 7) is 6.72. The Morgan fingerprint density at radius 2 is 1.75 bits per heavy atom. The van der Waals surface area contributed by atoms with Crippen molar-refractivity contribution < 1.29 is 23.8 Å². The van der Waals surface area contributed by atoms with Gasteiger partial charge >= 0.3 is 6.09 Å². The lowest BCUT2D eigenvalue weighted by Gasteiger charge is -2.32. The number of ether oxygens (including phenoxy) is 1. The van der Waals surface area contributed by atoms with Gasteiger partial charge < -0.3 is 10.5 Å². The van der Waals surface area contributed by atoms with E-state index in [9.17, 15) is 9.59 Å². The number of quaternary nitrogens is 1. The normalized spacial score (nSPS) is 17.4. The highest BCUT2D eigenvalue weighted by atomic mass is 16.8. The first-order valence-electron chi connectivity index (χ1n) is 4.99. The fourth-order valence-corrected chi connectivity index (χ4v) is 0.986. The summed E-state index contributed by atoms with van der Waals surface area (Å²) in [6, 6.07) is -0.820. The Hall–Kier alpha value is -1.14. The highest BCUT2D eigenvalue weighted by Crippen LogP contribution is 2.18. The molecule has 2 amide bonds. The molecular formula is C10H21N2O4+. The summed E-state index contributed by atoms with van der Waals surface area (Å²) >= 11 is 0. The monoisotopic (exact) mass is 233 g/mol. The number of nitrogens with two attached hydrogens (primary N) is 1. The molecule has 0 aromatic rings. The molecule has 0 aliphatic rings. The van der Waals surface area contributed by atoms with Crippen LogP contribution in [0.4, 0.5) is 4.79 Å². The second kappa shape index (κ2) is 4.80. The third kappa shape index (κ3) is 3.46. The number of hydrogen-bond donors (Lipinski definition) is 1. The maximum absolute atomic E-state index is 11.9. The summed E-state index contributed by atoms with van der Waals surface area (Å²) in [5.74, 6) is -0.629. The van der Waals surface area contributed by atoms with E-state index in [0.29, 0.717) is 0 Å². The molecule has 94 valence electrons. The van der Waals surface area contributed by atoms with Gasteiger partial charge in [-0.3, -0.25) is 4.79 Å². The van der Waals surface area contributed by atoms with Crippen molar-refractivity contribution in [2.75, 3.05) is 14.2 Å². The van der Waals surface area contributed by atoms with E-state index >= 15 is 0 Å².